The van der Waals surface area contributed by atoms with Crippen molar-refractivity contribution >= 4 is 6.09 Å². The first-order valence-electron chi connectivity index (χ1n) is 5.58. The van der Waals surface area contributed by atoms with Crippen molar-refractivity contribution in [2.24, 2.45) is 0 Å². The maximum Gasteiger partial charge on any atom is 0.412 e. The number of hydrogen-bond acceptors (Lipinski definition) is 3. The summed E-state index contributed by atoms with van der Waals surface area (Å²) in [6.07, 6.45) is 0.423. The average molecular weight is 217 g/mol. The maximum atomic E-state index is 11.4. The molecule has 0 bridgehead atoms. The van der Waals surface area contributed by atoms with Crippen LogP contribution in [-0.2, 0) is 4.74 Å². The van der Waals surface area contributed by atoms with Gasteiger partial charge >= 0.3 is 6.09 Å². The molecule has 1 N–H and O–H groups in total. The minimum Gasteiger partial charge on any atom is -0.444 e. The lowest BCUT2D eigenvalue weighted by Gasteiger charge is -2.26. The van der Waals surface area contributed by atoms with E-state index < -0.39 is 17.9 Å². The standard InChI is InChI=1S/C9H17NO3.C2H6/c1-9(2,3)13-8(12)10-6-4-5-7(10)11;1-2/h7,11H,4-6H2,1-3H3;1-2H3. The highest BCUT2D eigenvalue weighted by Crippen LogP contribution is 2.18. The molecule has 15 heavy (non-hydrogen) atoms. The van der Waals surface area contributed by atoms with Gasteiger partial charge in [-0.2, -0.15) is 0 Å². The van der Waals surface area contributed by atoms with Gasteiger partial charge in [0.2, 0.25) is 0 Å². The fourth-order valence-electron chi connectivity index (χ4n) is 1.28. The Morgan fingerprint density at radius 3 is 2.27 bits per heavy atom. The molecule has 0 aromatic carbocycles. The Balaban J connectivity index is 0.000000921. The second-order valence-corrected chi connectivity index (χ2v) is 4.30. The van der Waals surface area contributed by atoms with Crippen molar-refractivity contribution in [2.75, 3.05) is 6.54 Å². The Labute approximate surface area is 92.2 Å². The van der Waals surface area contributed by atoms with Crippen molar-refractivity contribution in [1.82, 2.24) is 4.90 Å². The molecular weight excluding hydrogens is 194 g/mol. The van der Waals surface area contributed by atoms with E-state index in [0.29, 0.717) is 13.0 Å². The van der Waals surface area contributed by atoms with E-state index in [0.717, 1.165) is 6.42 Å². The Bertz CT molecular complexity index is 198. The first-order chi connectivity index (χ1) is 6.90. The summed E-state index contributed by atoms with van der Waals surface area (Å²) >= 11 is 0. The number of aliphatic hydroxyl groups excluding tert-OH is 1. The summed E-state index contributed by atoms with van der Waals surface area (Å²) in [6.45, 7) is 10.0. The van der Waals surface area contributed by atoms with Crippen molar-refractivity contribution in [3.63, 3.8) is 0 Å². The third kappa shape index (κ3) is 5.02. The molecule has 4 nitrogen and oxygen atoms in total. The number of carbonyl (C=O) groups excluding carboxylic acids is 1. The van der Waals surface area contributed by atoms with Crippen LogP contribution in [0.25, 0.3) is 0 Å². The highest BCUT2D eigenvalue weighted by molar-refractivity contribution is 5.68. The fourth-order valence-corrected chi connectivity index (χ4v) is 1.28. The van der Waals surface area contributed by atoms with E-state index in [4.69, 9.17) is 4.74 Å². The molecule has 0 spiro atoms. The summed E-state index contributed by atoms with van der Waals surface area (Å²) < 4.78 is 5.12. The number of hydrogen-bond donors (Lipinski definition) is 1. The molecule has 1 saturated heterocycles. The van der Waals surface area contributed by atoms with Gasteiger partial charge in [-0.3, -0.25) is 4.90 Å². The van der Waals surface area contributed by atoms with Crippen LogP contribution in [0.15, 0.2) is 0 Å². The zero-order valence-corrected chi connectivity index (χ0v) is 10.4. The van der Waals surface area contributed by atoms with Crippen LogP contribution in [0.2, 0.25) is 0 Å². The number of nitrogens with zero attached hydrogens (tertiary/aromatic N) is 1. The molecule has 1 unspecified atom stereocenters. The SMILES string of the molecule is CC.CC(C)(C)OC(=O)N1CCCC1O. The summed E-state index contributed by atoms with van der Waals surface area (Å²) in [5.74, 6) is 0. The summed E-state index contributed by atoms with van der Waals surface area (Å²) in [5, 5.41) is 9.38. The van der Waals surface area contributed by atoms with E-state index in [-0.39, 0.29) is 0 Å². The number of rotatable bonds is 0. The molecule has 1 rings (SSSR count). The van der Waals surface area contributed by atoms with E-state index in [2.05, 4.69) is 0 Å². The quantitative estimate of drug-likeness (QED) is 0.677. The summed E-state index contributed by atoms with van der Waals surface area (Å²) in [6, 6.07) is 0. The normalized spacial score (nSPS) is 20.7. The van der Waals surface area contributed by atoms with Gasteiger partial charge in [0.25, 0.3) is 0 Å². The Morgan fingerprint density at radius 2 is 1.93 bits per heavy atom. The second-order valence-electron chi connectivity index (χ2n) is 4.30. The van der Waals surface area contributed by atoms with Crippen molar-refractivity contribution in [3.8, 4) is 0 Å². The smallest absolute Gasteiger partial charge is 0.412 e. The van der Waals surface area contributed by atoms with Crippen LogP contribution in [0.5, 0.6) is 0 Å². The van der Waals surface area contributed by atoms with E-state index in [9.17, 15) is 9.90 Å². The van der Waals surface area contributed by atoms with Crippen LogP contribution in [-0.4, -0.2) is 34.5 Å². The number of ether oxygens (including phenoxy) is 1. The third-order valence-electron chi connectivity index (χ3n) is 1.85. The molecule has 0 radical (unpaired) electrons. The fraction of sp³-hybridized carbons (Fsp3) is 0.909. The van der Waals surface area contributed by atoms with Crippen molar-refractivity contribution in [3.05, 3.63) is 0 Å². The highest BCUT2D eigenvalue weighted by Gasteiger charge is 2.30. The van der Waals surface area contributed by atoms with Crippen LogP contribution in [0, 0.1) is 0 Å². The molecule has 0 aromatic heterocycles. The van der Waals surface area contributed by atoms with Gasteiger partial charge in [0.15, 0.2) is 0 Å². The number of carbonyl (C=O) groups is 1. The maximum absolute atomic E-state index is 11.4. The third-order valence-corrected chi connectivity index (χ3v) is 1.85. The van der Waals surface area contributed by atoms with Crippen molar-refractivity contribution < 1.29 is 14.6 Å². The molecule has 1 aliphatic heterocycles. The van der Waals surface area contributed by atoms with Gasteiger partial charge in [-0.05, 0) is 33.6 Å². The zero-order chi connectivity index (χ0) is 12.1. The molecule has 4 heteroatoms. The Kier molecular flexibility index (Phi) is 5.65. The van der Waals surface area contributed by atoms with E-state index in [1.54, 1.807) is 0 Å². The first-order valence-corrected chi connectivity index (χ1v) is 5.58. The van der Waals surface area contributed by atoms with Gasteiger partial charge in [-0.25, -0.2) is 4.79 Å². The van der Waals surface area contributed by atoms with Gasteiger partial charge < -0.3 is 9.84 Å². The van der Waals surface area contributed by atoms with Crippen molar-refractivity contribution in [2.45, 2.75) is 59.3 Å². The average Bonchev–Trinajstić information content (AvgIpc) is 2.52. The summed E-state index contributed by atoms with van der Waals surface area (Å²) in [7, 11) is 0. The minimum atomic E-state index is -0.658. The van der Waals surface area contributed by atoms with Gasteiger partial charge in [-0.1, -0.05) is 13.8 Å². The van der Waals surface area contributed by atoms with E-state index in [1.165, 1.54) is 4.90 Å². The van der Waals surface area contributed by atoms with Gasteiger partial charge in [-0.15, -0.1) is 0 Å². The van der Waals surface area contributed by atoms with Gasteiger partial charge in [0, 0.05) is 6.54 Å². The lowest BCUT2D eigenvalue weighted by atomic mass is 10.2. The monoisotopic (exact) mass is 217 g/mol. The number of likely N-dealkylation sites (tertiary alicyclic amines) is 1. The van der Waals surface area contributed by atoms with E-state index in [1.807, 2.05) is 34.6 Å². The van der Waals surface area contributed by atoms with Crippen molar-refractivity contribution in [1.29, 1.82) is 0 Å². The largest absolute Gasteiger partial charge is 0.444 e. The van der Waals surface area contributed by atoms with Crippen LogP contribution >= 0.6 is 0 Å². The van der Waals surface area contributed by atoms with E-state index >= 15 is 0 Å². The Hall–Kier alpha value is -0.770. The molecule has 1 atom stereocenters. The van der Waals surface area contributed by atoms with Crippen LogP contribution in [0.3, 0.4) is 0 Å². The van der Waals surface area contributed by atoms with Crippen LogP contribution in [0.1, 0.15) is 47.5 Å². The Morgan fingerprint density at radius 1 is 1.40 bits per heavy atom. The number of amides is 1. The summed E-state index contributed by atoms with van der Waals surface area (Å²) in [5.41, 5.74) is -0.487. The highest BCUT2D eigenvalue weighted by atomic mass is 16.6. The summed E-state index contributed by atoms with van der Waals surface area (Å²) in [4.78, 5) is 12.8. The predicted octanol–water partition coefficient (Wildman–Crippen LogP) is 2.36. The topological polar surface area (TPSA) is 49.8 Å². The van der Waals surface area contributed by atoms with Gasteiger partial charge in [0.1, 0.15) is 11.8 Å². The van der Waals surface area contributed by atoms with Crippen LogP contribution in [0.4, 0.5) is 4.79 Å². The minimum absolute atomic E-state index is 0.419. The predicted molar refractivity (Wildman–Crippen MR) is 59.5 cm³/mol. The molecule has 1 amide bonds. The molecule has 0 aromatic rings. The molecule has 90 valence electrons. The molecule has 1 aliphatic rings. The molecule has 0 saturated carbocycles. The van der Waals surface area contributed by atoms with Crippen LogP contribution < -0.4 is 0 Å². The number of aliphatic hydroxyl groups is 1. The zero-order valence-electron chi connectivity index (χ0n) is 10.4. The molecule has 1 heterocycles. The second kappa shape index (κ2) is 5.95. The molecular formula is C11H23NO3. The molecule has 0 aliphatic carbocycles. The lowest BCUT2D eigenvalue weighted by molar-refractivity contribution is -0.0128. The van der Waals surface area contributed by atoms with Gasteiger partial charge in [0.05, 0.1) is 0 Å². The lowest BCUT2D eigenvalue weighted by Crippen LogP contribution is -2.39. The first kappa shape index (κ1) is 14.2. The molecule has 1 fully saturated rings.